The SMILES string of the molecule is Cc1cc(-c2cnc(C(=O)O)[nH]2)ccc1F. The van der Waals surface area contributed by atoms with Crippen molar-refractivity contribution >= 4 is 5.97 Å². The van der Waals surface area contributed by atoms with Gasteiger partial charge in [-0.3, -0.25) is 0 Å². The number of imidazole rings is 1. The molecular weight excluding hydrogens is 211 g/mol. The fourth-order valence-corrected chi connectivity index (χ4v) is 1.39. The molecule has 0 aliphatic rings. The van der Waals surface area contributed by atoms with Gasteiger partial charge in [0.25, 0.3) is 0 Å². The lowest BCUT2D eigenvalue weighted by Gasteiger charge is -2.00. The molecule has 0 amide bonds. The molecule has 1 heterocycles. The Bertz CT molecular complexity index is 549. The summed E-state index contributed by atoms with van der Waals surface area (Å²) < 4.78 is 13.0. The molecule has 2 rings (SSSR count). The third kappa shape index (κ3) is 1.79. The summed E-state index contributed by atoms with van der Waals surface area (Å²) >= 11 is 0. The Morgan fingerprint density at radius 3 is 2.81 bits per heavy atom. The van der Waals surface area contributed by atoms with Gasteiger partial charge in [0.15, 0.2) is 0 Å². The standard InChI is InChI=1S/C11H9FN2O2/c1-6-4-7(2-3-8(6)12)9-5-13-10(14-9)11(15)16/h2-5H,1H3,(H,13,14)(H,15,16). The van der Waals surface area contributed by atoms with Gasteiger partial charge in [0.1, 0.15) is 5.82 Å². The van der Waals surface area contributed by atoms with Crippen molar-refractivity contribution in [3.05, 3.63) is 41.6 Å². The van der Waals surface area contributed by atoms with Crippen LogP contribution >= 0.6 is 0 Å². The molecule has 2 N–H and O–H groups in total. The number of H-pyrrole nitrogens is 1. The van der Waals surface area contributed by atoms with E-state index in [0.717, 1.165) is 0 Å². The van der Waals surface area contributed by atoms with Crippen molar-refractivity contribution in [2.75, 3.05) is 0 Å². The van der Waals surface area contributed by atoms with Crippen LogP contribution in [0.25, 0.3) is 11.3 Å². The first-order valence-electron chi connectivity index (χ1n) is 4.63. The number of hydrogen-bond acceptors (Lipinski definition) is 2. The summed E-state index contributed by atoms with van der Waals surface area (Å²) in [7, 11) is 0. The Morgan fingerprint density at radius 1 is 1.50 bits per heavy atom. The van der Waals surface area contributed by atoms with Gasteiger partial charge in [-0.1, -0.05) is 0 Å². The van der Waals surface area contributed by atoms with Crippen molar-refractivity contribution in [1.82, 2.24) is 9.97 Å². The quantitative estimate of drug-likeness (QED) is 0.815. The average Bonchev–Trinajstić information content (AvgIpc) is 2.71. The first-order chi connectivity index (χ1) is 7.58. The molecule has 1 aromatic heterocycles. The highest BCUT2D eigenvalue weighted by Gasteiger charge is 2.09. The van der Waals surface area contributed by atoms with Crippen LogP contribution in [-0.2, 0) is 0 Å². The van der Waals surface area contributed by atoms with Gasteiger partial charge in [-0.2, -0.15) is 0 Å². The maximum absolute atomic E-state index is 13.0. The Balaban J connectivity index is 2.42. The first kappa shape index (κ1) is 10.4. The number of aromatic amines is 1. The van der Waals surface area contributed by atoms with Crippen molar-refractivity contribution in [3.63, 3.8) is 0 Å². The third-order valence-corrected chi connectivity index (χ3v) is 2.25. The van der Waals surface area contributed by atoms with E-state index < -0.39 is 5.97 Å². The van der Waals surface area contributed by atoms with Gasteiger partial charge >= 0.3 is 5.97 Å². The molecule has 0 radical (unpaired) electrons. The molecule has 4 nitrogen and oxygen atoms in total. The van der Waals surface area contributed by atoms with Crippen LogP contribution in [0.5, 0.6) is 0 Å². The molecule has 0 saturated heterocycles. The zero-order valence-electron chi connectivity index (χ0n) is 8.49. The number of aromatic nitrogens is 2. The fraction of sp³-hybridized carbons (Fsp3) is 0.0909. The molecule has 0 aliphatic heterocycles. The molecule has 0 saturated carbocycles. The molecule has 0 unspecified atom stereocenters. The van der Waals surface area contributed by atoms with E-state index >= 15 is 0 Å². The smallest absolute Gasteiger partial charge is 0.371 e. The predicted molar refractivity (Wildman–Crippen MR) is 55.7 cm³/mol. The Labute approximate surface area is 90.8 Å². The van der Waals surface area contributed by atoms with E-state index in [1.807, 2.05) is 0 Å². The molecule has 0 spiro atoms. The van der Waals surface area contributed by atoms with Crippen LogP contribution in [0.4, 0.5) is 4.39 Å². The van der Waals surface area contributed by atoms with E-state index in [0.29, 0.717) is 16.8 Å². The largest absolute Gasteiger partial charge is 0.475 e. The predicted octanol–water partition coefficient (Wildman–Crippen LogP) is 2.22. The van der Waals surface area contributed by atoms with E-state index in [1.54, 1.807) is 19.1 Å². The minimum absolute atomic E-state index is 0.128. The second-order valence-electron chi connectivity index (χ2n) is 3.41. The number of rotatable bonds is 2. The summed E-state index contributed by atoms with van der Waals surface area (Å²) in [6.45, 7) is 1.65. The van der Waals surface area contributed by atoms with Gasteiger partial charge < -0.3 is 10.1 Å². The van der Waals surface area contributed by atoms with E-state index in [4.69, 9.17) is 5.11 Å². The van der Waals surface area contributed by atoms with Crippen LogP contribution in [0, 0.1) is 12.7 Å². The average molecular weight is 220 g/mol. The summed E-state index contributed by atoms with van der Waals surface area (Å²) in [5.74, 6) is -1.54. The van der Waals surface area contributed by atoms with Crippen LogP contribution in [0.2, 0.25) is 0 Å². The molecule has 5 heteroatoms. The highest BCUT2D eigenvalue weighted by Crippen LogP contribution is 2.19. The molecular formula is C11H9FN2O2. The number of nitrogens with zero attached hydrogens (tertiary/aromatic N) is 1. The normalized spacial score (nSPS) is 10.4. The number of aromatic carboxylic acids is 1. The summed E-state index contributed by atoms with van der Waals surface area (Å²) in [5, 5.41) is 8.69. The van der Waals surface area contributed by atoms with E-state index in [2.05, 4.69) is 9.97 Å². The van der Waals surface area contributed by atoms with E-state index in [9.17, 15) is 9.18 Å². The van der Waals surface area contributed by atoms with Gasteiger partial charge in [-0.15, -0.1) is 0 Å². The zero-order valence-corrected chi connectivity index (χ0v) is 8.49. The van der Waals surface area contributed by atoms with Gasteiger partial charge in [-0.25, -0.2) is 14.2 Å². The maximum Gasteiger partial charge on any atom is 0.371 e. The van der Waals surface area contributed by atoms with E-state index in [-0.39, 0.29) is 11.6 Å². The molecule has 82 valence electrons. The highest BCUT2D eigenvalue weighted by atomic mass is 19.1. The van der Waals surface area contributed by atoms with Crippen molar-refractivity contribution in [2.45, 2.75) is 6.92 Å². The van der Waals surface area contributed by atoms with Gasteiger partial charge in [-0.05, 0) is 30.7 Å². The summed E-state index contributed by atoms with van der Waals surface area (Å²) in [5.41, 5.74) is 1.77. The number of carboxylic acids is 1. The molecule has 16 heavy (non-hydrogen) atoms. The fourth-order valence-electron chi connectivity index (χ4n) is 1.39. The number of nitrogens with one attached hydrogen (secondary N) is 1. The molecule has 2 aromatic rings. The lowest BCUT2D eigenvalue weighted by molar-refractivity contribution is 0.0685. The Kier molecular flexibility index (Phi) is 2.44. The van der Waals surface area contributed by atoms with Crippen LogP contribution < -0.4 is 0 Å². The molecule has 0 fully saturated rings. The van der Waals surface area contributed by atoms with Crippen LogP contribution in [0.3, 0.4) is 0 Å². The Morgan fingerprint density at radius 2 is 2.25 bits per heavy atom. The van der Waals surface area contributed by atoms with Crippen LogP contribution in [0.15, 0.2) is 24.4 Å². The molecule has 0 aliphatic carbocycles. The van der Waals surface area contributed by atoms with Gasteiger partial charge in [0, 0.05) is 5.56 Å². The number of aryl methyl sites for hydroxylation is 1. The van der Waals surface area contributed by atoms with E-state index in [1.165, 1.54) is 12.3 Å². The van der Waals surface area contributed by atoms with Crippen LogP contribution in [0.1, 0.15) is 16.2 Å². The number of carbonyl (C=O) groups is 1. The van der Waals surface area contributed by atoms with Crippen molar-refractivity contribution in [3.8, 4) is 11.3 Å². The summed E-state index contributed by atoms with van der Waals surface area (Å²) in [6.07, 6.45) is 1.41. The lowest BCUT2D eigenvalue weighted by Crippen LogP contribution is -1.98. The number of carboxylic acid groups (broad SMARTS) is 1. The third-order valence-electron chi connectivity index (χ3n) is 2.25. The van der Waals surface area contributed by atoms with Crippen molar-refractivity contribution < 1.29 is 14.3 Å². The number of hydrogen-bond donors (Lipinski definition) is 2. The van der Waals surface area contributed by atoms with Crippen LogP contribution in [-0.4, -0.2) is 21.0 Å². The maximum atomic E-state index is 13.0. The highest BCUT2D eigenvalue weighted by molar-refractivity contribution is 5.84. The van der Waals surface area contributed by atoms with Crippen molar-refractivity contribution in [2.24, 2.45) is 0 Å². The number of benzene rings is 1. The monoisotopic (exact) mass is 220 g/mol. The topological polar surface area (TPSA) is 66.0 Å². The second kappa shape index (κ2) is 3.77. The van der Waals surface area contributed by atoms with Gasteiger partial charge in [0.05, 0.1) is 11.9 Å². The lowest BCUT2D eigenvalue weighted by atomic mass is 10.1. The second-order valence-corrected chi connectivity index (χ2v) is 3.41. The Hall–Kier alpha value is -2.17. The molecule has 0 atom stereocenters. The minimum atomic E-state index is -1.12. The first-order valence-corrected chi connectivity index (χ1v) is 4.63. The molecule has 0 bridgehead atoms. The number of halogens is 1. The summed E-state index contributed by atoms with van der Waals surface area (Å²) in [6, 6.07) is 4.54. The van der Waals surface area contributed by atoms with Gasteiger partial charge in [0.2, 0.25) is 5.82 Å². The summed E-state index contributed by atoms with van der Waals surface area (Å²) in [4.78, 5) is 17.0. The zero-order chi connectivity index (χ0) is 11.7. The minimum Gasteiger partial charge on any atom is -0.475 e. The molecule has 1 aromatic carbocycles. The van der Waals surface area contributed by atoms with Crippen molar-refractivity contribution in [1.29, 1.82) is 0 Å².